The van der Waals surface area contributed by atoms with Gasteiger partial charge in [0.1, 0.15) is 11.4 Å². The van der Waals surface area contributed by atoms with Crippen LogP contribution in [0.1, 0.15) is 5.56 Å². The van der Waals surface area contributed by atoms with Gasteiger partial charge in [0.15, 0.2) is 0 Å². The minimum atomic E-state index is -4.55. The highest BCUT2D eigenvalue weighted by Crippen LogP contribution is 2.34. The zero-order chi connectivity index (χ0) is 18.5. The number of ether oxygens (including phenoxy) is 1. The van der Waals surface area contributed by atoms with Gasteiger partial charge in [0.25, 0.3) is 0 Å². The van der Waals surface area contributed by atoms with Crippen LogP contribution in [-0.2, 0) is 17.5 Å². The molecule has 26 heavy (non-hydrogen) atoms. The molecule has 0 unspecified atom stereocenters. The summed E-state index contributed by atoms with van der Waals surface area (Å²) in [5.74, 6) is -0.741. The molecule has 2 aromatic carbocycles. The third kappa shape index (κ3) is 2.95. The minimum Gasteiger partial charge on any atom is -0.383 e. The minimum absolute atomic E-state index is 0.139. The van der Waals surface area contributed by atoms with Gasteiger partial charge in [-0.1, -0.05) is 6.07 Å². The number of nitrogens with zero attached hydrogens (tertiary/aromatic N) is 2. The molecule has 0 spiro atoms. The van der Waals surface area contributed by atoms with E-state index in [4.69, 9.17) is 4.74 Å². The molecule has 4 nitrogen and oxygen atoms in total. The number of halogens is 4. The Morgan fingerprint density at radius 1 is 1.15 bits per heavy atom. The summed E-state index contributed by atoms with van der Waals surface area (Å²) in [7, 11) is 0. The van der Waals surface area contributed by atoms with E-state index in [1.807, 2.05) is 0 Å². The van der Waals surface area contributed by atoms with E-state index in [0.717, 1.165) is 12.1 Å². The number of benzene rings is 2. The molecule has 0 radical (unpaired) electrons. The maximum atomic E-state index is 14.2. The standard InChI is InChI=1S/C18H14F4N2O2/c19-14-3-2-12(18(20,21)22)6-13(14)11-1-4-15-16(5-11)24(10-23-15)7-17(25)8-26-9-17/h1-6,10,25H,7-9H2. The molecule has 3 aromatic rings. The van der Waals surface area contributed by atoms with Crippen molar-refractivity contribution in [1.82, 2.24) is 9.55 Å². The van der Waals surface area contributed by atoms with Gasteiger partial charge in [-0.3, -0.25) is 0 Å². The highest BCUT2D eigenvalue weighted by molar-refractivity contribution is 5.82. The van der Waals surface area contributed by atoms with E-state index in [2.05, 4.69) is 4.98 Å². The number of rotatable bonds is 3. The van der Waals surface area contributed by atoms with Crippen LogP contribution >= 0.6 is 0 Å². The van der Waals surface area contributed by atoms with E-state index in [0.29, 0.717) is 22.7 Å². The predicted octanol–water partition coefficient (Wildman–Crippen LogP) is 3.62. The number of hydrogen-bond donors (Lipinski definition) is 1. The lowest BCUT2D eigenvalue weighted by Crippen LogP contribution is -2.52. The van der Waals surface area contributed by atoms with Gasteiger partial charge < -0.3 is 14.4 Å². The van der Waals surface area contributed by atoms with Crippen molar-refractivity contribution < 1.29 is 27.4 Å². The molecule has 0 aliphatic carbocycles. The lowest BCUT2D eigenvalue weighted by atomic mass is 10.0. The number of hydrogen-bond acceptors (Lipinski definition) is 3. The normalized spacial score (nSPS) is 16.7. The second-order valence-corrected chi connectivity index (χ2v) is 6.49. The molecule has 2 heterocycles. The largest absolute Gasteiger partial charge is 0.416 e. The van der Waals surface area contributed by atoms with Crippen molar-refractivity contribution in [2.75, 3.05) is 13.2 Å². The first kappa shape index (κ1) is 17.0. The number of fused-ring (bicyclic) bond motifs is 1. The van der Waals surface area contributed by atoms with E-state index in [-0.39, 0.29) is 25.3 Å². The summed E-state index contributed by atoms with van der Waals surface area (Å²) in [6.07, 6.45) is -3.02. The van der Waals surface area contributed by atoms with Crippen LogP contribution in [0.2, 0.25) is 0 Å². The summed E-state index contributed by atoms with van der Waals surface area (Å²) in [4.78, 5) is 4.21. The van der Waals surface area contributed by atoms with E-state index in [9.17, 15) is 22.7 Å². The van der Waals surface area contributed by atoms with Crippen LogP contribution in [0.4, 0.5) is 17.6 Å². The van der Waals surface area contributed by atoms with Gasteiger partial charge in [-0.25, -0.2) is 9.37 Å². The van der Waals surface area contributed by atoms with Crippen molar-refractivity contribution in [1.29, 1.82) is 0 Å². The van der Waals surface area contributed by atoms with Crippen molar-refractivity contribution in [2.24, 2.45) is 0 Å². The summed E-state index contributed by atoms with van der Waals surface area (Å²) in [5, 5.41) is 10.2. The van der Waals surface area contributed by atoms with E-state index >= 15 is 0 Å². The molecule has 0 amide bonds. The Bertz CT molecular complexity index is 977. The summed E-state index contributed by atoms with van der Waals surface area (Å²) in [5.41, 5.74) is -0.543. The number of aromatic nitrogens is 2. The zero-order valence-corrected chi connectivity index (χ0v) is 13.4. The third-order valence-electron chi connectivity index (χ3n) is 4.43. The molecule has 1 aromatic heterocycles. The molecule has 1 saturated heterocycles. The Hall–Kier alpha value is -2.45. The second-order valence-electron chi connectivity index (χ2n) is 6.49. The van der Waals surface area contributed by atoms with Crippen LogP contribution in [0.15, 0.2) is 42.7 Å². The average molecular weight is 366 g/mol. The van der Waals surface area contributed by atoms with Crippen molar-refractivity contribution in [2.45, 2.75) is 18.3 Å². The Kier molecular flexibility index (Phi) is 3.78. The van der Waals surface area contributed by atoms with Gasteiger partial charge in [-0.05, 0) is 35.9 Å². The first-order chi connectivity index (χ1) is 12.3. The molecule has 0 atom stereocenters. The molecule has 1 fully saturated rings. The van der Waals surface area contributed by atoms with Crippen molar-refractivity contribution in [3.63, 3.8) is 0 Å². The quantitative estimate of drug-likeness (QED) is 0.721. The van der Waals surface area contributed by atoms with E-state index in [1.54, 1.807) is 16.7 Å². The van der Waals surface area contributed by atoms with E-state index in [1.165, 1.54) is 12.4 Å². The van der Waals surface area contributed by atoms with Crippen molar-refractivity contribution in [3.8, 4) is 11.1 Å². The molecule has 4 rings (SSSR count). The lowest BCUT2D eigenvalue weighted by molar-refractivity contribution is -0.184. The fourth-order valence-electron chi connectivity index (χ4n) is 3.02. The van der Waals surface area contributed by atoms with Gasteiger partial charge >= 0.3 is 6.18 Å². The topological polar surface area (TPSA) is 47.3 Å². The van der Waals surface area contributed by atoms with Gasteiger partial charge in [-0.15, -0.1) is 0 Å². The number of imidazole rings is 1. The lowest BCUT2D eigenvalue weighted by Gasteiger charge is -2.36. The summed E-state index contributed by atoms with van der Waals surface area (Å²) in [6, 6.07) is 7.04. The Morgan fingerprint density at radius 3 is 2.58 bits per heavy atom. The number of alkyl halides is 3. The fourth-order valence-corrected chi connectivity index (χ4v) is 3.02. The molecule has 8 heteroatoms. The monoisotopic (exact) mass is 366 g/mol. The highest BCUT2D eigenvalue weighted by Gasteiger charge is 2.36. The summed E-state index contributed by atoms with van der Waals surface area (Å²) >= 11 is 0. The van der Waals surface area contributed by atoms with Crippen LogP contribution < -0.4 is 0 Å². The SMILES string of the molecule is OC1(Cn2cnc3ccc(-c4cc(C(F)(F)F)ccc4F)cc32)COC1. The first-order valence-electron chi connectivity index (χ1n) is 7.87. The Balaban J connectivity index is 1.78. The first-order valence-corrected chi connectivity index (χ1v) is 7.87. The molecule has 0 bridgehead atoms. The number of aliphatic hydroxyl groups is 1. The Morgan fingerprint density at radius 2 is 1.92 bits per heavy atom. The van der Waals surface area contributed by atoms with Gasteiger partial charge in [0.2, 0.25) is 0 Å². The molecule has 0 saturated carbocycles. The summed E-state index contributed by atoms with van der Waals surface area (Å²) < 4.78 is 59.7. The molecule has 136 valence electrons. The van der Waals surface area contributed by atoms with Crippen LogP contribution in [-0.4, -0.2) is 33.5 Å². The van der Waals surface area contributed by atoms with Crippen LogP contribution in [0.25, 0.3) is 22.2 Å². The molecule has 1 aliphatic heterocycles. The average Bonchev–Trinajstić information content (AvgIpc) is 2.95. The molecular weight excluding hydrogens is 352 g/mol. The maximum Gasteiger partial charge on any atom is 0.416 e. The van der Waals surface area contributed by atoms with Gasteiger partial charge in [-0.2, -0.15) is 13.2 Å². The molecule has 1 N–H and O–H groups in total. The molecular formula is C18H14F4N2O2. The maximum absolute atomic E-state index is 14.2. The molecule has 1 aliphatic rings. The summed E-state index contributed by atoms with van der Waals surface area (Å²) in [6.45, 7) is 0.640. The highest BCUT2D eigenvalue weighted by atomic mass is 19.4. The van der Waals surface area contributed by atoms with Crippen LogP contribution in [0.3, 0.4) is 0 Å². The zero-order valence-electron chi connectivity index (χ0n) is 13.4. The van der Waals surface area contributed by atoms with Gasteiger partial charge in [0, 0.05) is 5.56 Å². The van der Waals surface area contributed by atoms with Crippen LogP contribution in [0.5, 0.6) is 0 Å². The second kappa shape index (κ2) is 5.78. The third-order valence-corrected chi connectivity index (χ3v) is 4.43. The smallest absolute Gasteiger partial charge is 0.383 e. The van der Waals surface area contributed by atoms with Gasteiger partial charge in [0.05, 0.1) is 42.7 Å². The van der Waals surface area contributed by atoms with E-state index < -0.39 is 23.2 Å². The van der Waals surface area contributed by atoms with Crippen molar-refractivity contribution in [3.05, 3.63) is 54.1 Å². The fraction of sp³-hybridized carbons (Fsp3) is 0.278. The van der Waals surface area contributed by atoms with Crippen molar-refractivity contribution >= 4 is 11.0 Å². The predicted molar refractivity (Wildman–Crippen MR) is 85.9 cm³/mol. The Labute approximate surface area is 145 Å². The van der Waals surface area contributed by atoms with Crippen LogP contribution in [0, 0.1) is 5.82 Å².